The van der Waals surface area contributed by atoms with Gasteiger partial charge in [0, 0.05) is 12.7 Å². The van der Waals surface area contributed by atoms with E-state index in [9.17, 15) is 8.42 Å². The van der Waals surface area contributed by atoms with E-state index in [2.05, 4.69) is 19.7 Å². The lowest BCUT2D eigenvalue weighted by Gasteiger charge is -2.05. The molecular formula is C9H11N5O2S. The zero-order valence-corrected chi connectivity index (χ0v) is 9.61. The number of sulfonamides is 1. The molecule has 8 heteroatoms. The molecule has 17 heavy (non-hydrogen) atoms. The van der Waals surface area contributed by atoms with E-state index in [0.29, 0.717) is 6.54 Å². The Morgan fingerprint density at radius 2 is 2.18 bits per heavy atom. The number of imidazole rings is 1. The van der Waals surface area contributed by atoms with Crippen LogP contribution in [-0.2, 0) is 16.6 Å². The van der Waals surface area contributed by atoms with Crippen LogP contribution in [0, 0.1) is 0 Å². The molecule has 0 saturated carbocycles. The Bertz CT molecular complexity index is 576. The molecule has 0 spiro atoms. The summed E-state index contributed by atoms with van der Waals surface area (Å²) in [7, 11) is -3.65. The molecule has 0 aromatic carbocycles. The van der Waals surface area contributed by atoms with Crippen LogP contribution in [0.2, 0.25) is 0 Å². The van der Waals surface area contributed by atoms with Gasteiger partial charge in [0.25, 0.3) is 10.0 Å². The van der Waals surface area contributed by atoms with E-state index < -0.39 is 10.0 Å². The molecular weight excluding hydrogens is 242 g/mol. The van der Waals surface area contributed by atoms with E-state index >= 15 is 0 Å². The number of aromatic amines is 1. The molecule has 0 radical (unpaired) electrons. The van der Waals surface area contributed by atoms with Crippen LogP contribution in [0.3, 0.4) is 0 Å². The van der Waals surface area contributed by atoms with E-state index in [-0.39, 0.29) is 10.8 Å². The number of anilines is 1. The fourth-order valence-electron chi connectivity index (χ4n) is 1.19. The first-order valence-electron chi connectivity index (χ1n) is 4.78. The summed E-state index contributed by atoms with van der Waals surface area (Å²) < 4.78 is 25.9. The summed E-state index contributed by atoms with van der Waals surface area (Å²) in [6.07, 6.45) is 4.03. The van der Waals surface area contributed by atoms with Gasteiger partial charge in [0.2, 0.25) is 0 Å². The predicted molar refractivity (Wildman–Crippen MR) is 61.5 cm³/mol. The number of nitrogens with two attached hydrogens (primary N) is 1. The zero-order valence-electron chi connectivity index (χ0n) is 8.79. The smallest absolute Gasteiger partial charge is 0.280 e. The molecule has 2 aromatic heterocycles. The molecule has 2 aromatic rings. The number of aromatic nitrogens is 3. The van der Waals surface area contributed by atoms with Crippen molar-refractivity contribution in [2.24, 2.45) is 5.73 Å². The van der Waals surface area contributed by atoms with Crippen molar-refractivity contribution in [1.82, 2.24) is 15.0 Å². The lowest BCUT2D eigenvalue weighted by atomic mass is 10.3. The lowest BCUT2D eigenvalue weighted by molar-refractivity contribution is 0.598. The quantitative estimate of drug-likeness (QED) is 0.713. The summed E-state index contributed by atoms with van der Waals surface area (Å²) in [4.78, 5) is 10.1. The number of hydrogen-bond donors (Lipinski definition) is 3. The van der Waals surface area contributed by atoms with Crippen LogP contribution in [0.1, 0.15) is 5.56 Å². The van der Waals surface area contributed by atoms with Gasteiger partial charge in [-0.2, -0.15) is 8.42 Å². The van der Waals surface area contributed by atoms with Crippen LogP contribution < -0.4 is 10.5 Å². The lowest BCUT2D eigenvalue weighted by Crippen LogP contribution is -2.14. The van der Waals surface area contributed by atoms with Crippen molar-refractivity contribution >= 4 is 15.8 Å². The maximum atomic E-state index is 11.8. The second kappa shape index (κ2) is 4.52. The molecule has 0 aliphatic heterocycles. The minimum Gasteiger partial charge on any atom is -0.334 e. The predicted octanol–water partition coefficient (Wildman–Crippen LogP) is 0.0642. The molecule has 90 valence electrons. The number of nitrogens with zero attached hydrogens (tertiary/aromatic N) is 2. The molecule has 0 saturated heterocycles. The third kappa shape index (κ3) is 2.60. The highest BCUT2D eigenvalue weighted by atomic mass is 32.2. The Labute approximate surface area is 98.2 Å². The molecule has 7 nitrogen and oxygen atoms in total. The number of pyridine rings is 1. The number of hydrogen-bond acceptors (Lipinski definition) is 5. The van der Waals surface area contributed by atoms with Crippen LogP contribution in [0.4, 0.5) is 5.82 Å². The van der Waals surface area contributed by atoms with E-state index in [1.54, 1.807) is 12.1 Å². The highest BCUT2D eigenvalue weighted by Gasteiger charge is 2.15. The van der Waals surface area contributed by atoms with E-state index in [4.69, 9.17) is 5.73 Å². The van der Waals surface area contributed by atoms with Gasteiger partial charge in [-0.1, -0.05) is 6.07 Å². The van der Waals surface area contributed by atoms with Gasteiger partial charge in [0.05, 0.1) is 12.5 Å². The first kappa shape index (κ1) is 11.6. The SMILES string of the molecule is NCc1ccc(NS(=O)(=O)c2cnc[nH]2)nc1. The van der Waals surface area contributed by atoms with Crippen molar-refractivity contribution in [3.8, 4) is 0 Å². The molecule has 2 rings (SSSR count). The second-order valence-electron chi connectivity index (χ2n) is 3.28. The van der Waals surface area contributed by atoms with Crippen molar-refractivity contribution in [2.45, 2.75) is 11.6 Å². The van der Waals surface area contributed by atoms with Crippen molar-refractivity contribution < 1.29 is 8.42 Å². The minimum atomic E-state index is -3.65. The van der Waals surface area contributed by atoms with E-state index in [1.807, 2.05) is 0 Å². The Kier molecular flexibility index (Phi) is 3.07. The molecule has 4 N–H and O–H groups in total. The Morgan fingerprint density at radius 3 is 2.71 bits per heavy atom. The summed E-state index contributed by atoms with van der Waals surface area (Å²) in [6.45, 7) is 0.362. The van der Waals surface area contributed by atoms with E-state index in [0.717, 1.165) is 5.56 Å². The van der Waals surface area contributed by atoms with Gasteiger partial charge in [0.1, 0.15) is 5.82 Å². The minimum absolute atomic E-state index is 0.0119. The van der Waals surface area contributed by atoms with Crippen LogP contribution in [0.5, 0.6) is 0 Å². The van der Waals surface area contributed by atoms with Gasteiger partial charge in [-0.3, -0.25) is 4.72 Å². The number of nitrogens with one attached hydrogen (secondary N) is 2. The summed E-state index contributed by atoms with van der Waals surface area (Å²) >= 11 is 0. The molecule has 2 heterocycles. The maximum Gasteiger partial charge on any atom is 0.280 e. The standard InChI is InChI=1S/C9H11N5O2S/c10-3-7-1-2-8(12-4-7)14-17(15,16)9-5-11-6-13-9/h1-2,4-6H,3,10H2,(H,11,13)(H,12,14). The Balaban J connectivity index is 2.21. The summed E-state index contributed by atoms with van der Waals surface area (Å²) in [5, 5.41) is -0.0119. The summed E-state index contributed by atoms with van der Waals surface area (Å²) in [6, 6.07) is 3.26. The second-order valence-corrected chi connectivity index (χ2v) is 4.93. The highest BCUT2D eigenvalue weighted by molar-refractivity contribution is 7.92. The van der Waals surface area contributed by atoms with Crippen molar-refractivity contribution in [3.05, 3.63) is 36.4 Å². The summed E-state index contributed by atoms with van der Waals surface area (Å²) in [5.41, 5.74) is 6.24. The van der Waals surface area contributed by atoms with Crippen molar-refractivity contribution in [2.75, 3.05) is 4.72 Å². The normalized spacial score (nSPS) is 11.4. The molecule has 0 aliphatic carbocycles. The third-order valence-electron chi connectivity index (χ3n) is 2.06. The number of rotatable bonds is 4. The maximum absolute atomic E-state index is 11.8. The van der Waals surface area contributed by atoms with Gasteiger partial charge < -0.3 is 10.7 Å². The largest absolute Gasteiger partial charge is 0.334 e. The first-order chi connectivity index (χ1) is 8.12. The molecule has 0 amide bonds. The molecule has 0 bridgehead atoms. The Morgan fingerprint density at radius 1 is 1.35 bits per heavy atom. The van der Waals surface area contributed by atoms with Gasteiger partial charge in [0.15, 0.2) is 5.03 Å². The average Bonchev–Trinajstić information content (AvgIpc) is 2.84. The van der Waals surface area contributed by atoms with Gasteiger partial charge in [-0.05, 0) is 11.6 Å². The topological polar surface area (TPSA) is 114 Å². The third-order valence-corrected chi connectivity index (χ3v) is 3.34. The van der Waals surface area contributed by atoms with Crippen LogP contribution in [0.25, 0.3) is 0 Å². The monoisotopic (exact) mass is 253 g/mol. The molecule has 0 fully saturated rings. The Hall–Kier alpha value is -1.93. The fraction of sp³-hybridized carbons (Fsp3) is 0.111. The molecule has 0 aliphatic rings. The van der Waals surface area contributed by atoms with E-state index in [1.165, 1.54) is 18.7 Å². The zero-order chi connectivity index (χ0) is 12.3. The van der Waals surface area contributed by atoms with Crippen LogP contribution in [0.15, 0.2) is 35.9 Å². The first-order valence-corrected chi connectivity index (χ1v) is 6.26. The molecule has 0 unspecified atom stereocenters. The fourth-order valence-corrected chi connectivity index (χ4v) is 2.10. The van der Waals surface area contributed by atoms with Gasteiger partial charge in [-0.25, -0.2) is 9.97 Å². The van der Waals surface area contributed by atoms with Crippen molar-refractivity contribution in [1.29, 1.82) is 0 Å². The summed E-state index contributed by atoms with van der Waals surface area (Å²) in [5.74, 6) is 0.233. The van der Waals surface area contributed by atoms with Crippen LogP contribution in [-0.4, -0.2) is 23.4 Å². The average molecular weight is 253 g/mol. The number of H-pyrrole nitrogens is 1. The van der Waals surface area contributed by atoms with Crippen molar-refractivity contribution in [3.63, 3.8) is 0 Å². The highest BCUT2D eigenvalue weighted by Crippen LogP contribution is 2.11. The van der Waals surface area contributed by atoms with Gasteiger partial charge in [-0.15, -0.1) is 0 Å². The molecule has 0 atom stereocenters. The van der Waals surface area contributed by atoms with Gasteiger partial charge >= 0.3 is 0 Å². The van der Waals surface area contributed by atoms with Crippen LogP contribution >= 0.6 is 0 Å².